The van der Waals surface area contributed by atoms with Gasteiger partial charge in [0, 0.05) is 18.7 Å². The van der Waals surface area contributed by atoms with Gasteiger partial charge in [-0.15, -0.1) is 16.8 Å². The van der Waals surface area contributed by atoms with Crippen molar-refractivity contribution < 1.29 is 13.6 Å². The Labute approximate surface area is 184 Å². The molecule has 3 rings (SSSR count). The van der Waals surface area contributed by atoms with E-state index >= 15 is 0 Å². The lowest BCUT2D eigenvalue weighted by Crippen LogP contribution is -2.35. The van der Waals surface area contributed by atoms with Crippen molar-refractivity contribution in [3.63, 3.8) is 0 Å². The molecule has 3 aromatic rings. The SMILES string of the molecule is C=CCn1c(SC(C(=O)NCc2ccccc2F)C(C)C)nnc1-c1ccccc1F. The Morgan fingerprint density at radius 1 is 1.13 bits per heavy atom. The maximum atomic E-state index is 14.3. The highest BCUT2D eigenvalue weighted by atomic mass is 32.2. The van der Waals surface area contributed by atoms with Crippen molar-refractivity contribution in [1.82, 2.24) is 20.1 Å². The Bertz CT molecular complexity index is 1070. The minimum Gasteiger partial charge on any atom is -0.351 e. The number of allylic oxidation sites excluding steroid dienone is 1. The molecule has 0 saturated heterocycles. The Kier molecular flexibility index (Phi) is 7.57. The number of halogens is 2. The van der Waals surface area contributed by atoms with E-state index in [0.717, 1.165) is 0 Å². The number of nitrogens with zero attached hydrogens (tertiary/aromatic N) is 3. The molecule has 1 N–H and O–H groups in total. The van der Waals surface area contributed by atoms with Gasteiger partial charge >= 0.3 is 0 Å². The molecule has 0 fully saturated rings. The first-order valence-electron chi connectivity index (χ1n) is 9.89. The van der Waals surface area contributed by atoms with E-state index in [1.54, 1.807) is 47.0 Å². The van der Waals surface area contributed by atoms with Crippen LogP contribution in [0.2, 0.25) is 0 Å². The second-order valence-electron chi connectivity index (χ2n) is 7.28. The maximum absolute atomic E-state index is 14.3. The lowest BCUT2D eigenvalue weighted by atomic mass is 10.1. The van der Waals surface area contributed by atoms with E-state index in [1.807, 2.05) is 13.8 Å². The van der Waals surface area contributed by atoms with Crippen LogP contribution >= 0.6 is 11.8 Å². The Morgan fingerprint density at radius 3 is 2.45 bits per heavy atom. The van der Waals surface area contributed by atoms with Crippen molar-refractivity contribution in [3.05, 3.63) is 78.4 Å². The fourth-order valence-corrected chi connectivity index (χ4v) is 4.11. The molecule has 1 aromatic heterocycles. The largest absolute Gasteiger partial charge is 0.351 e. The van der Waals surface area contributed by atoms with Gasteiger partial charge in [0.15, 0.2) is 11.0 Å². The van der Waals surface area contributed by atoms with Crippen molar-refractivity contribution in [2.24, 2.45) is 5.92 Å². The van der Waals surface area contributed by atoms with Gasteiger partial charge in [-0.1, -0.05) is 62.0 Å². The number of hydrogen-bond donors (Lipinski definition) is 1. The number of carbonyl (C=O) groups excluding carboxylic acids is 1. The monoisotopic (exact) mass is 442 g/mol. The fourth-order valence-electron chi connectivity index (χ4n) is 3.04. The van der Waals surface area contributed by atoms with Gasteiger partial charge in [0.05, 0.1) is 10.8 Å². The van der Waals surface area contributed by atoms with Gasteiger partial charge < -0.3 is 5.32 Å². The van der Waals surface area contributed by atoms with Gasteiger partial charge in [0.1, 0.15) is 11.6 Å². The Hall–Kier alpha value is -3.00. The van der Waals surface area contributed by atoms with E-state index in [-0.39, 0.29) is 24.2 Å². The molecule has 0 radical (unpaired) electrons. The molecule has 5 nitrogen and oxygen atoms in total. The van der Waals surface area contributed by atoms with E-state index in [4.69, 9.17) is 0 Å². The third kappa shape index (κ3) is 5.38. The maximum Gasteiger partial charge on any atom is 0.234 e. The zero-order chi connectivity index (χ0) is 22.4. The van der Waals surface area contributed by atoms with Crippen LogP contribution < -0.4 is 5.32 Å². The van der Waals surface area contributed by atoms with Crippen LogP contribution in [0.15, 0.2) is 66.3 Å². The molecular formula is C23H24F2N4OS. The van der Waals surface area contributed by atoms with Crippen molar-refractivity contribution in [3.8, 4) is 11.4 Å². The van der Waals surface area contributed by atoms with Gasteiger partial charge in [-0.3, -0.25) is 9.36 Å². The van der Waals surface area contributed by atoms with Crippen LogP contribution in [0.3, 0.4) is 0 Å². The van der Waals surface area contributed by atoms with E-state index in [2.05, 4.69) is 22.1 Å². The van der Waals surface area contributed by atoms with Crippen LogP contribution in [0.25, 0.3) is 11.4 Å². The molecule has 31 heavy (non-hydrogen) atoms. The lowest BCUT2D eigenvalue weighted by Gasteiger charge is -2.20. The number of aromatic nitrogens is 3. The molecule has 1 amide bonds. The van der Waals surface area contributed by atoms with Crippen molar-refractivity contribution >= 4 is 17.7 Å². The summed E-state index contributed by atoms with van der Waals surface area (Å²) in [5, 5.41) is 11.2. The zero-order valence-corrected chi connectivity index (χ0v) is 18.2. The van der Waals surface area contributed by atoms with Crippen LogP contribution in [-0.4, -0.2) is 25.9 Å². The Morgan fingerprint density at radius 2 is 1.81 bits per heavy atom. The number of hydrogen-bond acceptors (Lipinski definition) is 4. The topological polar surface area (TPSA) is 59.8 Å². The smallest absolute Gasteiger partial charge is 0.234 e. The minimum absolute atomic E-state index is 0.0311. The van der Waals surface area contributed by atoms with E-state index in [9.17, 15) is 13.6 Å². The molecule has 1 unspecified atom stereocenters. The first kappa shape index (κ1) is 22.7. The van der Waals surface area contributed by atoms with Gasteiger partial charge in [-0.25, -0.2) is 8.78 Å². The fraction of sp³-hybridized carbons (Fsp3) is 0.261. The zero-order valence-electron chi connectivity index (χ0n) is 17.4. The molecule has 0 bridgehead atoms. The van der Waals surface area contributed by atoms with Crippen molar-refractivity contribution in [2.75, 3.05) is 0 Å². The molecule has 0 aliphatic rings. The number of carbonyl (C=O) groups is 1. The summed E-state index contributed by atoms with van der Waals surface area (Å²) >= 11 is 1.25. The predicted octanol–water partition coefficient (Wildman–Crippen LogP) is 4.84. The highest BCUT2D eigenvalue weighted by Gasteiger charge is 2.27. The van der Waals surface area contributed by atoms with Gasteiger partial charge in [0.25, 0.3) is 0 Å². The molecule has 0 aliphatic heterocycles. The molecule has 162 valence electrons. The van der Waals surface area contributed by atoms with Crippen LogP contribution in [0, 0.1) is 17.6 Å². The van der Waals surface area contributed by atoms with E-state index in [1.165, 1.54) is 23.9 Å². The van der Waals surface area contributed by atoms with Crippen molar-refractivity contribution in [2.45, 2.75) is 37.3 Å². The van der Waals surface area contributed by atoms with Crippen LogP contribution in [0.5, 0.6) is 0 Å². The average Bonchev–Trinajstić information content (AvgIpc) is 3.13. The number of rotatable bonds is 9. The first-order valence-corrected chi connectivity index (χ1v) is 10.8. The quantitative estimate of drug-likeness (QED) is 0.380. The summed E-state index contributed by atoms with van der Waals surface area (Å²) in [5.41, 5.74) is 0.744. The predicted molar refractivity (Wildman–Crippen MR) is 118 cm³/mol. The van der Waals surface area contributed by atoms with E-state index in [0.29, 0.717) is 28.7 Å². The summed E-state index contributed by atoms with van der Waals surface area (Å²) in [6.45, 7) is 8.06. The Balaban J connectivity index is 1.82. The molecule has 0 saturated carbocycles. The number of nitrogens with one attached hydrogen (secondary N) is 1. The molecule has 8 heteroatoms. The summed E-state index contributed by atoms with van der Waals surface area (Å²) in [6, 6.07) is 12.7. The van der Waals surface area contributed by atoms with Crippen LogP contribution in [0.1, 0.15) is 19.4 Å². The molecule has 0 spiro atoms. The summed E-state index contributed by atoms with van der Waals surface area (Å²) in [6.07, 6.45) is 1.67. The minimum atomic E-state index is -0.493. The third-order valence-corrected chi connectivity index (χ3v) is 6.18. The summed E-state index contributed by atoms with van der Waals surface area (Å²) in [5.74, 6) is -0.661. The normalized spacial score (nSPS) is 12.0. The second-order valence-corrected chi connectivity index (χ2v) is 8.39. The highest BCUT2D eigenvalue weighted by Crippen LogP contribution is 2.31. The average molecular weight is 443 g/mol. The molecule has 2 aromatic carbocycles. The molecule has 0 aliphatic carbocycles. The third-order valence-electron chi connectivity index (χ3n) is 4.65. The first-order chi connectivity index (χ1) is 14.9. The standard InChI is InChI=1S/C23H24F2N4OS/c1-4-13-29-21(17-10-6-8-12-19(17)25)27-28-23(29)31-20(15(2)3)22(30)26-14-16-9-5-7-11-18(16)24/h4-12,15,20H,1,13-14H2,2-3H3,(H,26,30). The second kappa shape index (κ2) is 10.3. The van der Waals surface area contributed by atoms with Crippen molar-refractivity contribution in [1.29, 1.82) is 0 Å². The lowest BCUT2D eigenvalue weighted by molar-refractivity contribution is -0.121. The van der Waals surface area contributed by atoms with Gasteiger partial charge in [-0.05, 0) is 24.1 Å². The number of benzene rings is 2. The summed E-state index contributed by atoms with van der Waals surface area (Å²) in [4.78, 5) is 12.9. The van der Waals surface area contributed by atoms with Crippen LogP contribution in [0.4, 0.5) is 8.78 Å². The molecular weight excluding hydrogens is 418 g/mol. The number of thioether (sulfide) groups is 1. The summed E-state index contributed by atoms with van der Waals surface area (Å²) < 4.78 is 29.9. The molecule has 1 heterocycles. The molecule has 1 atom stereocenters. The van der Waals surface area contributed by atoms with Gasteiger partial charge in [-0.2, -0.15) is 0 Å². The summed E-state index contributed by atoms with van der Waals surface area (Å²) in [7, 11) is 0. The number of amides is 1. The van der Waals surface area contributed by atoms with E-state index < -0.39 is 11.1 Å². The van der Waals surface area contributed by atoms with Gasteiger partial charge in [0.2, 0.25) is 5.91 Å². The highest BCUT2D eigenvalue weighted by molar-refractivity contribution is 8.00. The van der Waals surface area contributed by atoms with Crippen LogP contribution in [-0.2, 0) is 17.9 Å².